The van der Waals surface area contributed by atoms with Crippen LogP contribution in [0.2, 0.25) is 0 Å². The van der Waals surface area contributed by atoms with Crippen molar-refractivity contribution >= 4 is 11.8 Å². The van der Waals surface area contributed by atoms with Crippen molar-refractivity contribution in [2.45, 2.75) is 25.9 Å². The Labute approximate surface area is 168 Å². The molecule has 0 saturated heterocycles. The van der Waals surface area contributed by atoms with Crippen molar-refractivity contribution in [3.05, 3.63) is 53.9 Å². The fraction of sp³-hybridized carbons (Fsp3) is 0.273. The highest BCUT2D eigenvalue weighted by Gasteiger charge is 2.32. The summed E-state index contributed by atoms with van der Waals surface area (Å²) in [4.78, 5) is 16.4. The maximum Gasteiger partial charge on any atom is 0.309 e. The van der Waals surface area contributed by atoms with Crippen LogP contribution < -0.4 is 5.73 Å². The van der Waals surface area contributed by atoms with Gasteiger partial charge in [-0.15, -0.1) is 0 Å². The molecule has 1 aliphatic rings. The Kier molecular flexibility index (Phi) is 4.77. The predicted octanol–water partition coefficient (Wildman–Crippen LogP) is 3.62. The van der Waals surface area contributed by atoms with Gasteiger partial charge >= 0.3 is 5.97 Å². The van der Waals surface area contributed by atoms with Crippen LogP contribution in [-0.2, 0) is 16.6 Å². The first-order valence-electron chi connectivity index (χ1n) is 9.46. The molecule has 7 nitrogen and oxygen atoms in total. The summed E-state index contributed by atoms with van der Waals surface area (Å²) in [6.45, 7) is 1.80. The van der Waals surface area contributed by atoms with Gasteiger partial charge in [0.2, 0.25) is 0 Å². The van der Waals surface area contributed by atoms with Crippen LogP contribution in [0.3, 0.4) is 0 Å². The van der Waals surface area contributed by atoms with Crippen LogP contribution in [0.1, 0.15) is 37.0 Å². The highest BCUT2D eigenvalue weighted by atomic mass is 16.5. The number of nitrogens with two attached hydrogens (primary N) is 1. The van der Waals surface area contributed by atoms with Crippen molar-refractivity contribution in [3.63, 3.8) is 0 Å². The fourth-order valence-electron chi connectivity index (χ4n) is 3.21. The lowest BCUT2D eigenvalue weighted by Gasteiger charge is -2.15. The largest absolute Gasteiger partial charge is 0.458 e. The Morgan fingerprint density at radius 1 is 1.28 bits per heavy atom. The number of aryl methyl sites for hydroxylation is 1. The minimum atomic E-state index is -0.458. The number of anilines is 1. The number of carbonyl (C=O) groups excluding carboxylic acids is 1. The number of pyridine rings is 1. The molecule has 1 unspecified atom stereocenters. The Bertz CT molecular complexity index is 1110. The molecular formula is C22H21N5O2. The summed E-state index contributed by atoms with van der Waals surface area (Å²) in [5, 5.41) is 13.7. The molecule has 0 radical (unpaired) electrons. The van der Waals surface area contributed by atoms with Gasteiger partial charge in [-0.05, 0) is 37.5 Å². The second kappa shape index (κ2) is 7.40. The summed E-state index contributed by atoms with van der Waals surface area (Å²) in [7, 11) is 1.78. The van der Waals surface area contributed by atoms with Gasteiger partial charge in [0.05, 0.1) is 35.0 Å². The molecule has 29 heavy (non-hydrogen) atoms. The Morgan fingerprint density at radius 3 is 2.62 bits per heavy atom. The molecule has 1 aliphatic carbocycles. The summed E-state index contributed by atoms with van der Waals surface area (Å²) < 4.78 is 7.10. The highest BCUT2D eigenvalue weighted by Crippen LogP contribution is 2.34. The third-order valence-electron chi connectivity index (χ3n) is 5.17. The van der Waals surface area contributed by atoms with Crippen LogP contribution in [0.5, 0.6) is 0 Å². The van der Waals surface area contributed by atoms with E-state index in [1.165, 1.54) is 0 Å². The number of carbonyl (C=O) groups is 1. The molecule has 1 saturated carbocycles. The Hall–Kier alpha value is -3.66. The molecule has 1 fully saturated rings. The van der Waals surface area contributed by atoms with Gasteiger partial charge < -0.3 is 10.5 Å². The summed E-state index contributed by atoms with van der Waals surface area (Å²) >= 11 is 0. The average molecular weight is 387 g/mol. The number of aromatic nitrogens is 3. The molecule has 0 bridgehead atoms. The van der Waals surface area contributed by atoms with Gasteiger partial charge in [0, 0.05) is 24.4 Å². The number of nitrogen functional groups attached to an aromatic ring is 1. The van der Waals surface area contributed by atoms with Gasteiger partial charge in [0.15, 0.2) is 0 Å². The van der Waals surface area contributed by atoms with Gasteiger partial charge in [0.25, 0.3) is 0 Å². The van der Waals surface area contributed by atoms with Gasteiger partial charge in [-0.1, -0.05) is 18.2 Å². The van der Waals surface area contributed by atoms with E-state index >= 15 is 0 Å². The molecule has 4 rings (SSSR count). The van der Waals surface area contributed by atoms with E-state index < -0.39 is 6.10 Å². The molecule has 1 aromatic carbocycles. The first-order valence-corrected chi connectivity index (χ1v) is 9.46. The molecule has 2 N–H and O–H groups in total. The molecule has 2 aromatic heterocycles. The number of nitrogens with zero attached hydrogens (tertiary/aromatic N) is 4. The lowest BCUT2D eigenvalue weighted by atomic mass is 9.98. The lowest BCUT2D eigenvalue weighted by Crippen LogP contribution is -2.11. The summed E-state index contributed by atoms with van der Waals surface area (Å²) in [5.41, 5.74) is 10.5. The zero-order valence-corrected chi connectivity index (χ0v) is 16.3. The van der Waals surface area contributed by atoms with Crippen molar-refractivity contribution in [1.82, 2.24) is 14.8 Å². The smallest absolute Gasteiger partial charge is 0.309 e. The van der Waals surface area contributed by atoms with Crippen molar-refractivity contribution in [2.24, 2.45) is 13.0 Å². The minimum absolute atomic E-state index is 0.0284. The van der Waals surface area contributed by atoms with Crippen molar-refractivity contribution in [2.75, 3.05) is 5.73 Å². The second-order valence-corrected chi connectivity index (χ2v) is 7.27. The number of benzene rings is 1. The fourth-order valence-corrected chi connectivity index (χ4v) is 3.21. The summed E-state index contributed by atoms with van der Waals surface area (Å²) in [6, 6.07) is 11.6. The number of ether oxygens (including phenoxy) is 1. The highest BCUT2D eigenvalue weighted by molar-refractivity contribution is 5.75. The molecule has 0 aliphatic heterocycles. The van der Waals surface area contributed by atoms with Crippen LogP contribution in [0, 0.1) is 17.2 Å². The van der Waals surface area contributed by atoms with Crippen molar-refractivity contribution in [1.29, 1.82) is 5.26 Å². The maximum absolute atomic E-state index is 11.9. The van der Waals surface area contributed by atoms with E-state index in [0.717, 1.165) is 35.2 Å². The number of nitriles is 1. The SMILES string of the molecule is CC(OC(=O)C1CC1)c1ccc(-c2ccc(-c3cnn(C)c3N)nc2)cc1C#N. The van der Waals surface area contributed by atoms with Gasteiger partial charge in [-0.2, -0.15) is 10.4 Å². The average Bonchev–Trinajstić information content (AvgIpc) is 3.54. The normalized spacial score (nSPS) is 14.2. The lowest BCUT2D eigenvalue weighted by molar-refractivity contribution is -0.150. The van der Waals surface area contributed by atoms with Crippen molar-refractivity contribution < 1.29 is 9.53 Å². The van der Waals surface area contributed by atoms with Crippen LogP contribution in [0.4, 0.5) is 5.82 Å². The predicted molar refractivity (Wildman–Crippen MR) is 108 cm³/mol. The maximum atomic E-state index is 11.9. The monoisotopic (exact) mass is 387 g/mol. The van der Waals surface area contributed by atoms with Crippen LogP contribution in [0.15, 0.2) is 42.7 Å². The third kappa shape index (κ3) is 3.69. The first kappa shape index (κ1) is 18.7. The molecular weight excluding hydrogens is 366 g/mol. The number of hydrogen-bond donors (Lipinski definition) is 1. The van der Waals surface area contributed by atoms with E-state index in [-0.39, 0.29) is 11.9 Å². The van der Waals surface area contributed by atoms with E-state index in [9.17, 15) is 10.1 Å². The molecule has 0 spiro atoms. The Balaban J connectivity index is 1.58. The van der Waals surface area contributed by atoms with E-state index in [4.69, 9.17) is 10.5 Å². The van der Waals surface area contributed by atoms with Gasteiger partial charge in [-0.3, -0.25) is 14.5 Å². The van der Waals surface area contributed by atoms with Crippen LogP contribution in [-0.4, -0.2) is 20.7 Å². The van der Waals surface area contributed by atoms with E-state index in [2.05, 4.69) is 16.2 Å². The number of esters is 1. The van der Waals surface area contributed by atoms with Gasteiger partial charge in [-0.25, -0.2) is 0 Å². The summed E-state index contributed by atoms with van der Waals surface area (Å²) in [5.74, 6) is 0.400. The minimum Gasteiger partial charge on any atom is -0.458 e. The van der Waals surface area contributed by atoms with Crippen molar-refractivity contribution in [3.8, 4) is 28.5 Å². The first-order chi connectivity index (χ1) is 14.0. The molecule has 0 amide bonds. The Morgan fingerprint density at radius 2 is 2.03 bits per heavy atom. The number of hydrogen-bond acceptors (Lipinski definition) is 6. The van der Waals surface area contributed by atoms with E-state index in [1.54, 1.807) is 37.1 Å². The summed E-state index contributed by atoms with van der Waals surface area (Å²) in [6.07, 6.45) is 4.76. The topological polar surface area (TPSA) is 107 Å². The van der Waals surface area contributed by atoms with Crippen LogP contribution in [0.25, 0.3) is 22.4 Å². The standard InChI is InChI=1S/C22H21N5O2/c1-13(29-22(28)14-3-4-14)18-7-5-15(9-17(18)10-23)16-6-8-20(25-11-16)19-12-26-27(2)21(19)24/h5-9,11-14H,3-4,24H2,1-2H3. The molecule has 7 heteroatoms. The molecule has 146 valence electrons. The van der Waals surface area contributed by atoms with Gasteiger partial charge in [0.1, 0.15) is 11.9 Å². The van der Waals surface area contributed by atoms with E-state index in [0.29, 0.717) is 16.9 Å². The quantitative estimate of drug-likeness (QED) is 0.670. The van der Waals surface area contributed by atoms with Crippen LogP contribution >= 0.6 is 0 Å². The van der Waals surface area contributed by atoms with E-state index in [1.807, 2.05) is 24.3 Å². The zero-order chi connectivity index (χ0) is 20.5. The zero-order valence-electron chi connectivity index (χ0n) is 16.3. The third-order valence-corrected chi connectivity index (χ3v) is 5.17. The molecule has 2 heterocycles. The molecule has 3 aromatic rings. The molecule has 1 atom stereocenters. The second-order valence-electron chi connectivity index (χ2n) is 7.27. The number of rotatable bonds is 5.